The Bertz CT molecular complexity index is 1150. The summed E-state index contributed by atoms with van der Waals surface area (Å²) in [5.41, 5.74) is 4.55. The Balaban J connectivity index is 1.85. The minimum atomic E-state index is -2.08. The maximum absolute atomic E-state index is 12.8. The molecule has 1 saturated carbocycles. The van der Waals surface area contributed by atoms with E-state index in [0.29, 0.717) is 34.9 Å². The number of hydrogen-bond acceptors (Lipinski definition) is 4. The summed E-state index contributed by atoms with van der Waals surface area (Å²) in [6.07, 6.45) is 3.86. The van der Waals surface area contributed by atoms with Crippen molar-refractivity contribution in [3.05, 3.63) is 52.7 Å². The van der Waals surface area contributed by atoms with E-state index in [1.54, 1.807) is 7.05 Å². The van der Waals surface area contributed by atoms with Crippen LogP contribution < -0.4 is 5.32 Å². The van der Waals surface area contributed by atoms with E-state index >= 15 is 0 Å². The molecule has 170 valence electrons. The van der Waals surface area contributed by atoms with Gasteiger partial charge in [0.25, 0.3) is 5.91 Å². The molecule has 1 aromatic carbocycles. The lowest BCUT2D eigenvalue weighted by atomic mass is 10.0. The topological polar surface area (TPSA) is 95.7 Å². The summed E-state index contributed by atoms with van der Waals surface area (Å²) in [6, 6.07) is 9.83. The van der Waals surface area contributed by atoms with Gasteiger partial charge in [-0.25, -0.2) is 9.19 Å². The SMILES string of the molecule is CCCCN(Cc1nc2oc(-c3ccc(C)cc3)c(C(=O)NC)c2cc1C1CC1)S(=O)O. The first kappa shape index (κ1) is 22.6. The molecule has 1 aliphatic rings. The number of carbonyl (C=O) groups is 1. The van der Waals surface area contributed by atoms with Crippen molar-refractivity contribution in [3.63, 3.8) is 0 Å². The first-order valence-corrected chi connectivity index (χ1v) is 12.1. The molecule has 0 saturated heterocycles. The molecule has 32 heavy (non-hydrogen) atoms. The minimum absolute atomic E-state index is 0.225. The second kappa shape index (κ2) is 9.52. The van der Waals surface area contributed by atoms with Crippen LogP contribution in [-0.4, -0.2) is 37.6 Å². The summed E-state index contributed by atoms with van der Waals surface area (Å²) in [7, 11) is 1.60. The third-order valence-corrected chi connectivity index (χ3v) is 6.64. The average Bonchev–Trinajstić information content (AvgIpc) is 3.56. The lowest BCUT2D eigenvalue weighted by molar-refractivity contribution is 0.0964. The molecule has 4 rings (SSSR count). The van der Waals surface area contributed by atoms with Crippen molar-refractivity contribution >= 4 is 28.3 Å². The second-order valence-corrected chi connectivity index (χ2v) is 9.33. The van der Waals surface area contributed by atoms with Crippen molar-refractivity contribution in [2.75, 3.05) is 13.6 Å². The van der Waals surface area contributed by atoms with Crippen LogP contribution in [0.5, 0.6) is 0 Å². The highest BCUT2D eigenvalue weighted by molar-refractivity contribution is 7.76. The summed E-state index contributed by atoms with van der Waals surface area (Å²) in [5.74, 6) is 0.619. The molecular weight excluding hydrogens is 426 g/mol. The van der Waals surface area contributed by atoms with Crippen molar-refractivity contribution < 1.29 is 18.0 Å². The van der Waals surface area contributed by atoms with E-state index in [1.807, 2.05) is 44.2 Å². The monoisotopic (exact) mass is 455 g/mol. The fourth-order valence-corrected chi connectivity index (χ4v) is 4.44. The number of rotatable bonds is 9. The van der Waals surface area contributed by atoms with Gasteiger partial charge in [-0.15, -0.1) is 0 Å². The molecule has 1 unspecified atom stereocenters. The number of aromatic nitrogens is 1. The molecule has 0 aliphatic heterocycles. The third kappa shape index (κ3) is 4.62. The van der Waals surface area contributed by atoms with Gasteiger partial charge in [-0.1, -0.05) is 43.2 Å². The lowest BCUT2D eigenvalue weighted by Crippen LogP contribution is -2.27. The van der Waals surface area contributed by atoms with Crippen molar-refractivity contribution in [3.8, 4) is 11.3 Å². The third-order valence-electron chi connectivity index (χ3n) is 5.89. The molecule has 2 aromatic heterocycles. The van der Waals surface area contributed by atoms with E-state index in [-0.39, 0.29) is 12.5 Å². The molecule has 1 aliphatic carbocycles. The Morgan fingerprint density at radius 3 is 2.62 bits per heavy atom. The molecule has 1 fully saturated rings. The Labute approximate surface area is 190 Å². The van der Waals surface area contributed by atoms with Crippen molar-refractivity contribution in [2.45, 2.75) is 52.0 Å². The van der Waals surface area contributed by atoms with Crippen molar-refractivity contribution in [1.29, 1.82) is 0 Å². The van der Waals surface area contributed by atoms with Crippen LogP contribution in [0.1, 0.15) is 65.7 Å². The number of nitrogens with one attached hydrogen (secondary N) is 1. The van der Waals surface area contributed by atoms with E-state index in [9.17, 15) is 13.6 Å². The molecule has 7 nitrogen and oxygen atoms in total. The van der Waals surface area contributed by atoms with E-state index in [2.05, 4.69) is 5.32 Å². The molecule has 8 heteroatoms. The van der Waals surface area contributed by atoms with Gasteiger partial charge in [0.15, 0.2) is 0 Å². The van der Waals surface area contributed by atoms with E-state index < -0.39 is 11.3 Å². The fourth-order valence-electron chi connectivity index (χ4n) is 3.92. The summed E-state index contributed by atoms with van der Waals surface area (Å²) in [6.45, 7) is 4.84. The van der Waals surface area contributed by atoms with Gasteiger partial charge >= 0.3 is 0 Å². The zero-order valence-corrected chi connectivity index (χ0v) is 19.5. The molecule has 0 radical (unpaired) electrons. The van der Waals surface area contributed by atoms with Crippen LogP contribution in [0.2, 0.25) is 0 Å². The van der Waals surface area contributed by atoms with Gasteiger partial charge in [0.1, 0.15) is 5.76 Å². The molecule has 2 heterocycles. The molecule has 1 atom stereocenters. The van der Waals surface area contributed by atoms with Crippen LogP contribution in [0.3, 0.4) is 0 Å². The van der Waals surface area contributed by atoms with Gasteiger partial charge in [0.05, 0.1) is 23.2 Å². The number of nitrogens with zero attached hydrogens (tertiary/aromatic N) is 2. The summed E-state index contributed by atoms with van der Waals surface area (Å²) >= 11 is -2.08. The number of pyridine rings is 1. The Kier molecular flexibility index (Phi) is 6.74. The maximum atomic E-state index is 12.8. The highest BCUT2D eigenvalue weighted by atomic mass is 32.2. The van der Waals surface area contributed by atoms with Crippen LogP contribution >= 0.6 is 0 Å². The molecule has 0 bridgehead atoms. The molecule has 1 amide bonds. The maximum Gasteiger partial charge on any atom is 0.255 e. The van der Waals surface area contributed by atoms with Gasteiger partial charge in [-0.2, -0.15) is 4.31 Å². The molecular formula is C24H29N3O4S. The van der Waals surface area contributed by atoms with Gasteiger partial charge in [0, 0.05) is 19.2 Å². The highest BCUT2D eigenvalue weighted by Crippen LogP contribution is 2.44. The minimum Gasteiger partial charge on any atom is -0.437 e. The van der Waals surface area contributed by atoms with E-state index in [1.165, 1.54) is 4.31 Å². The Hall–Kier alpha value is -2.55. The van der Waals surface area contributed by atoms with Crippen LogP contribution in [0.4, 0.5) is 0 Å². The molecule has 3 aromatic rings. The zero-order chi connectivity index (χ0) is 22.8. The standard InChI is InChI=1S/C24H29N3O4S/c1-4-5-12-27(32(29)30)14-20-18(16-10-11-16)13-19-21(23(28)25-3)22(31-24(19)26-20)17-8-6-15(2)7-9-17/h6-9,13,16H,4-5,10-12,14H2,1-3H3,(H,25,28)(H,29,30). The largest absolute Gasteiger partial charge is 0.437 e. The zero-order valence-electron chi connectivity index (χ0n) is 18.7. The van der Waals surface area contributed by atoms with Crippen LogP contribution in [0, 0.1) is 6.92 Å². The summed E-state index contributed by atoms with van der Waals surface area (Å²) < 4.78 is 29.3. The number of unbranched alkanes of at least 4 members (excludes halogenated alkanes) is 1. The van der Waals surface area contributed by atoms with Crippen molar-refractivity contribution in [1.82, 2.24) is 14.6 Å². The first-order chi connectivity index (χ1) is 15.4. The molecule has 2 N–H and O–H groups in total. The predicted molar refractivity (Wildman–Crippen MR) is 126 cm³/mol. The van der Waals surface area contributed by atoms with Crippen LogP contribution in [0.15, 0.2) is 34.7 Å². The summed E-state index contributed by atoms with van der Waals surface area (Å²) in [4.78, 5) is 17.6. The number of hydrogen-bond donors (Lipinski definition) is 2. The lowest BCUT2D eigenvalue weighted by Gasteiger charge is -2.18. The van der Waals surface area contributed by atoms with Gasteiger partial charge in [-0.3, -0.25) is 9.35 Å². The quantitative estimate of drug-likeness (QED) is 0.453. The number of benzene rings is 1. The van der Waals surface area contributed by atoms with E-state index in [4.69, 9.17) is 9.40 Å². The van der Waals surface area contributed by atoms with Crippen LogP contribution in [0.25, 0.3) is 22.4 Å². The number of aryl methyl sites for hydroxylation is 1. The number of furan rings is 1. The van der Waals surface area contributed by atoms with E-state index in [0.717, 1.165) is 48.1 Å². The number of amides is 1. The first-order valence-electron chi connectivity index (χ1n) is 11.0. The second-order valence-electron chi connectivity index (χ2n) is 8.35. The molecule has 0 spiro atoms. The van der Waals surface area contributed by atoms with Gasteiger partial charge in [0.2, 0.25) is 17.0 Å². The van der Waals surface area contributed by atoms with Gasteiger partial charge in [-0.05, 0) is 43.7 Å². The Morgan fingerprint density at radius 1 is 1.31 bits per heavy atom. The fraction of sp³-hybridized carbons (Fsp3) is 0.417. The smallest absolute Gasteiger partial charge is 0.255 e. The number of carbonyl (C=O) groups excluding carboxylic acids is 1. The van der Waals surface area contributed by atoms with Gasteiger partial charge < -0.3 is 9.73 Å². The predicted octanol–water partition coefficient (Wildman–Crippen LogP) is 4.78. The Morgan fingerprint density at radius 2 is 2.03 bits per heavy atom. The van der Waals surface area contributed by atoms with Crippen LogP contribution in [-0.2, 0) is 17.8 Å². The normalized spacial score (nSPS) is 14.8. The van der Waals surface area contributed by atoms with Crippen molar-refractivity contribution in [2.24, 2.45) is 0 Å². The summed E-state index contributed by atoms with van der Waals surface area (Å²) in [5, 5.41) is 3.40. The number of fused-ring (bicyclic) bond motifs is 1. The average molecular weight is 456 g/mol. The highest BCUT2D eigenvalue weighted by Gasteiger charge is 2.31.